The summed E-state index contributed by atoms with van der Waals surface area (Å²) in [6.07, 6.45) is 2.89. The van der Waals surface area contributed by atoms with Crippen LogP contribution in [0.5, 0.6) is 0 Å². The number of carbonyl (C=O) groups is 2. The summed E-state index contributed by atoms with van der Waals surface area (Å²) < 4.78 is 5.14. The van der Waals surface area contributed by atoms with Gasteiger partial charge in [-0.25, -0.2) is 0 Å². The molecule has 27 heavy (non-hydrogen) atoms. The minimum atomic E-state index is -0.0727. The molecule has 0 spiro atoms. The second-order valence-electron chi connectivity index (χ2n) is 7.17. The predicted molar refractivity (Wildman–Crippen MR) is 100 cm³/mol. The maximum absolute atomic E-state index is 12.3. The molecule has 2 heterocycles. The molecule has 1 N–H and O–H groups in total. The van der Waals surface area contributed by atoms with Crippen molar-refractivity contribution in [1.29, 1.82) is 0 Å². The third-order valence-electron chi connectivity index (χ3n) is 4.65. The molecule has 7 heteroatoms. The van der Waals surface area contributed by atoms with Gasteiger partial charge in [-0.3, -0.25) is 9.59 Å². The smallest absolute Gasteiger partial charge is 0.253 e. The number of amides is 2. The van der Waals surface area contributed by atoms with Gasteiger partial charge in [-0.05, 0) is 30.5 Å². The summed E-state index contributed by atoms with van der Waals surface area (Å²) in [4.78, 5) is 30.5. The van der Waals surface area contributed by atoms with Crippen molar-refractivity contribution in [3.05, 3.63) is 47.1 Å². The average Bonchev–Trinajstić information content (AvgIpc) is 3.36. The Morgan fingerprint density at radius 3 is 2.52 bits per heavy atom. The molecule has 3 rings (SSSR count). The molecule has 1 fully saturated rings. The van der Waals surface area contributed by atoms with E-state index in [0.29, 0.717) is 36.7 Å². The zero-order valence-electron chi connectivity index (χ0n) is 15.9. The minimum absolute atomic E-state index is 0.0727. The number of nitrogens with one attached hydrogen (secondary N) is 1. The van der Waals surface area contributed by atoms with Gasteiger partial charge in [-0.1, -0.05) is 31.1 Å². The van der Waals surface area contributed by atoms with E-state index in [2.05, 4.69) is 15.5 Å². The van der Waals surface area contributed by atoms with E-state index in [1.165, 1.54) is 0 Å². The first-order valence-electron chi connectivity index (χ1n) is 9.50. The molecule has 0 aliphatic carbocycles. The topological polar surface area (TPSA) is 88.3 Å². The number of hydrogen-bond acceptors (Lipinski definition) is 5. The van der Waals surface area contributed by atoms with Crippen molar-refractivity contribution in [1.82, 2.24) is 20.4 Å². The molecule has 0 saturated carbocycles. The molecule has 0 radical (unpaired) electrons. The van der Waals surface area contributed by atoms with Gasteiger partial charge >= 0.3 is 0 Å². The van der Waals surface area contributed by atoms with Crippen molar-refractivity contribution in [2.24, 2.45) is 0 Å². The fourth-order valence-electron chi connectivity index (χ4n) is 2.98. The van der Waals surface area contributed by atoms with Crippen molar-refractivity contribution in [2.75, 3.05) is 13.1 Å². The van der Waals surface area contributed by atoms with Crippen LogP contribution in [0.15, 0.2) is 28.8 Å². The van der Waals surface area contributed by atoms with E-state index in [1.54, 1.807) is 0 Å². The van der Waals surface area contributed by atoms with Crippen LogP contribution in [-0.2, 0) is 17.8 Å². The van der Waals surface area contributed by atoms with Gasteiger partial charge in [-0.15, -0.1) is 0 Å². The van der Waals surface area contributed by atoms with E-state index in [1.807, 2.05) is 43.0 Å². The fourth-order valence-corrected chi connectivity index (χ4v) is 2.98. The fraction of sp³-hybridized carbons (Fsp3) is 0.500. The molecule has 1 saturated heterocycles. The Bertz CT molecular complexity index is 777. The van der Waals surface area contributed by atoms with Crippen LogP contribution in [0, 0.1) is 0 Å². The predicted octanol–water partition coefficient (Wildman–Crippen LogP) is 2.68. The lowest BCUT2D eigenvalue weighted by molar-refractivity contribution is -0.121. The van der Waals surface area contributed by atoms with E-state index in [4.69, 9.17) is 4.52 Å². The Morgan fingerprint density at radius 2 is 1.89 bits per heavy atom. The van der Waals surface area contributed by atoms with Gasteiger partial charge in [0.25, 0.3) is 5.91 Å². The largest absolute Gasteiger partial charge is 0.352 e. The van der Waals surface area contributed by atoms with Crippen molar-refractivity contribution < 1.29 is 14.1 Å². The van der Waals surface area contributed by atoms with Crippen LogP contribution < -0.4 is 5.32 Å². The number of benzene rings is 1. The lowest BCUT2D eigenvalue weighted by Gasteiger charge is -2.15. The van der Waals surface area contributed by atoms with Crippen LogP contribution in [-0.4, -0.2) is 39.9 Å². The number of aryl methyl sites for hydroxylation is 1. The molecule has 2 aromatic rings. The lowest BCUT2D eigenvalue weighted by atomic mass is 10.1. The normalized spacial score (nSPS) is 14.0. The Balaban J connectivity index is 1.43. The molecule has 7 nitrogen and oxygen atoms in total. The Labute approximate surface area is 159 Å². The minimum Gasteiger partial charge on any atom is -0.352 e. The monoisotopic (exact) mass is 370 g/mol. The Morgan fingerprint density at radius 1 is 1.19 bits per heavy atom. The van der Waals surface area contributed by atoms with E-state index in [9.17, 15) is 9.59 Å². The SMILES string of the molecule is CC(C)c1noc(CCC(=O)NCc2ccc(C(=O)N3CCCC3)cc2)n1. The zero-order chi connectivity index (χ0) is 19.2. The van der Waals surface area contributed by atoms with Crippen LogP contribution in [0.25, 0.3) is 0 Å². The van der Waals surface area contributed by atoms with Crippen molar-refractivity contribution >= 4 is 11.8 Å². The molecule has 0 bridgehead atoms. The highest BCUT2D eigenvalue weighted by Gasteiger charge is 2.19. The number of aromatic nitrogens is 2. The van der Waals surface area contributed by atoms with E-state index in [-0.39, 0.29) is 17.7 Å². The molecule has 0 atom stereocenters. The molecule has 1 aliphatic heterocycles. The molecule has 144 valence electrons. The Hall–Kier alpha value is -2.70. The molecule has 2 amide bonds. The summed E-state index contributed by atoms with van der Waals surface area (Å²) in [6.45, 7) is 6.10. The number of carbonyl (C=O) groups excluding carboxylic acids is 2. The van der Waals surface area contributed by atoms with Crippen LogP contribution >= 0.6 is 0 Å². The van der Waals surface area contributed by atoms with E-state index in [0.717, 1.165) is 31.5 Å². The maximum Gasteiger partial charge on any atom is 0.253 e. The highest BCUT2D eigenvalue weighted by atomic mass is 16.5. The third kappa shape index (κ3) is 5.15. The first-order valence-corrected chi connectivity index (χ1v) is 9.50. The van der Waals surface area contributed by atoms with Gasteiger partial charge in [-0.2, -0.15) is 4.98 Å². The summed E-state index contributed by atoms with van der Waals surface area (Å²) in [5.41, 5.74) is 1.66. The number of likely N-dealkylation sites (tertiary alicyclic amines) is 1. The first-order chi connectivity index (χ1) is 13.0. The summed E-state index contributed by atoms with van der Waals surface area (Å²) in [6, 6.07) is 7.43. The van der Waals surface area contributed by atoms with Gasteiger partial charge in [0, 0.05) is 44.0 Å². The second kappa shape index (κ2) is 8.79. The zero-order valence-corrected chi connectivity index (χ0v) is 15.9. The average molecular weight is 370 g/mol. The van der Waals surface area contributed by atoms with Gasteiger partial charge in [0.15, 0.2) is 5.82 Å². The van der Waals surface area contributed by atoms with E-state index < -0.39 is 0 Å². The highest BCUT2D eigenvalue weighted by molar-refractivity contribution is 5.94. The highest BCUT2D eigenvalue weighted by Crippen LogP contribution is 2.14. The van der Waals surface area contributed by atoms with Crippen LogP contribution in [0.2, 0.25) is 0 Å². The van der Waals surface area contributed by atoms with Gasteiger partial charge in [0.1, 0.15) is 0 Å². The second-order valence-corrected chi connectivity index (χ2v) is 7.17. The van der Waals surface area contributed by atoms with Gasteiger partial charge in [0.05, 0.1) is 0 Å². The summed E-state index contributed by atoms with van der Waals surface area (Å²) in [5.74, 6) is 1.36. The number of rotatable bonds is 7. The number of hydrogen-bond donors (Lipinski definition) is 1. The van der Waals surface area contributed by atoms with Gasteiger partial charge in [0.2, 0.25) is 11.8 Å². The first kappa shape index (κ1) is 19.1. The molecular formula is C20H26N4O3. The van der Waals surface area contributed by atoms with E-state index >= 15 is 0 Å². The van der Waals surface area contributed by atoms with Gasteiger partial charge < -0.3 is 14.7 Å². The van der Waals surface area contributed by atoms with Crippen LogP contribution in [0.3, 0.4) is 0 Å². The standard InChI is InChI=1S/C20H26N4O3/c1-14(2)19-22-18(27-23-19)10-9-17(25)21-13-15-5-7-16(8-6-15)20(26)24-11-3-4-12-24/h5-8,14H,3-4,9-13H2,1-2H3,(H,21,25). The van der Waals surface area contributed by atoms with Crippen LogP contribution in [0.1, 0.15) is 66.7 Å². The molecule has 1 aliphatic rings. The lowest BCUT2D eigenvalue weighted by Crippen LogP contribution is -2.27. The van der Waals surface area contributed by atoms with Crippen molar-refractivity contribution in [2.45, 2.75) is 52.0 Å². The third-order valence-corrected chi connectivity index (χ3v) is 4.65. The number of nitrogens with zero attached hydrogens (tertiary/aromatic N) is 3. The quantitative estimate of drug-likeness (QED) is 0.809. The molecule has 1 aromatic heterocycles. The maximum atomic E-state index is 12.3. The molecule has 1 aromatic carbocycles. The summed E-state index contributed by atoms with van der Waals surface area (Å²) in [5, 5.41) is 6.77. The van der Waals surface area contributed by atoms with Crippen molar-refractivity contribution in [3.8, 4) is 0 Å². The summed E-state index contributed by atoms with van der Waals surface area (Å²) >= 11 is 0. The van der Waals surface area contributed by atoms with Crippen LogP contribution in [0.4, 0.5) is 0 Å². The summed E-state index contributed by atoms with van der Waals surface area (Å²) in [7, 11) is 0. The molecule has 0 unspecified atom stereocenters. The Kier molecular flexibility index (Phi) is 6.21. The molecular weight excluding hydrogens is 344 g/mol. The van der Waals surface area contributed by atoms with Crippen molar-refractivity contribution in [3.63, 3.8) is 0 Å².